The third-order valence-corrected chi connectivity index (χ3v) is 7.54. The van der Waals surface area contributed by atoms with Crippen LogP contribution in [0.25, 0.3) is 5.57 Å². The van der Waals surface area contributed by atoms with Crippen LogP contribution >= 0.6 is 0 Å². The summed E-state index contributed by atoms with van der Waals surface area (Å²) in [6.45, 7) is 6.08. The third kappa shape index (κ3) is 5.75. The maximum atomic E-state index is 13.1. The van der Waals surface area contributed by atoms with Gasteiger partial charge in [0.1, 0.15) is 5.76 Å². The van der Waals surface area contributed by atoms with Gasteiger partial charge in [-0.3, -0.25) is 9.00 Å². The predicted molar refractivity (Wildman–Crippen MR) is 125 cm³/mol. The molecule has 2 aromatic carbocycles. The van der Waals surface area contributed by atoms with Gasteiger partial charge in [0.25, 0.3) is 0 Å². The molecule has 0 radical (unpaired) electrons. The number of aliphatic hydroxyl groups is 1. The molecule has 0 bridgehead atoms. The Morgan fingerprint density at radius 2 is 1.61 bits per heavy atom. The average molecular weight is 479 g/mol. The molecular weight excluding hydrogens is 449 g/mol. The smallest absolute Gasteiger partial charge is 0.416 e. The van der Waals surface area contributed by atoms with Crippen LogP contribution in [0.3, 0.4) is 0 Å². The molecule has 0 aromatic heterocycles. The Morgan fingerprint density at radius 1 is 1.03 bits per heavy atom. The van der Waals surface area contributed by atoms with E-state index in [1.165, 1.54) is 12.1 Å². The van der Waals surface area contributed by atoms with E-state index >= 15 is 0 Å². The van der Waals surface area contributed by atoms with Gasteiger partial charge in [0, 0.05) is 23.5 Å². The molecule has 0 fully saturated rings. The normalized spacial score (nSPS) is 18.0. The second-order valence-electron chi connectivity index (χ2n) is 8.54. The van der Waals surface area contributed by atoms with Gasteiger partial charge in [-0.1, -0.05) is 31.5 Å². The fourth-order valence-corrected chi connectivity index (χ4v) is 5.69. The van der Waals surface area contributed by atoms with Gasteiger partial charge in [-0.15, -0.1) is 0 Å². The average Bonchev–Trinajstić information content (AvgIpc) is 2.76. The van der Waals surface area contributed by atoms with E-state index in [1.807, 2.05) is 20.8 Å². The molecule has 0 heterocycles. The number of hydrogen-bond donors (Lipinski definition) is 1. The molecule has 0 spiro atoms. The van der Waals surface area contributed by atoms with Crippen LogP contribution in [0.4, 0.5) is 13.2 Å². The van der Waals surface area contributed by atoms with E-state index in [-0.39, 0.29) is 29.6 Å². The van der Waals surface area contributed by atoms with Crippen molar-refractivity contribution in [2.24, 2.45) is 5.92 Å². The summed E-state index contributed by atoms with van der Waals surface area (Å²) in [6, 6.07) is 8.43. The number of aliphatic hydroxyl groups excluding tert-OH is 1. The molecule has 0 saturated carbocycles. The van der Waals surface area contributed by atoms with Crippen molar-refractivity contribution in [3.05, 3.63) is 70.0 Å². The lowest BCUT2D eigenvalue weighted by Crippen LogP contribution is -2.22. The van der Waals surface area contributed by atoms with Gasteiger partial charge in [0.05, 0.1) is 21.9 Å². The van der Waals surface area contributed by atoms with Crippen molar-refractivity contribution in [1.82, 2.24) is 0 Å². The van der Waals surface area contributed by atoms with Crippen molar-refractivity contribution in [2.45, 2.75) is 63.9 Å². The number of ketones is 1. The first-order chi connectivity index (χ1) is 15.5. The predicted octanol–water partition coefficient (Wildman–Crippen LogP) is 6.58. The minimum atomic E-state index is -4.43. The zero-order valence-corrected chi connectivity index (χ0v) is 19.9. The summed E-state index contributed by atoms with van der Waals surface area (Å²) in [7, 11) is -1.48. The van der Waals surface area contributed by atoms with Crippen molar-refractivity contribution < 1.29 is 27.3 Å². The van der Waals surface area contributed by atoms with Crippen LogP contribution in [0.5, 0.6) is 0 Å². The van der Waals surface area contributed by atoms with Crippen LogP contribution in [0, 0.1) is 12.8 Å². The van der Waals surface area contributed by atoms with Gasteiger partial charge >= 0.3 is 6.18 Å². The lowest BCUT2D eigenvalue weighted by atomic mass is 9.79. The fraction of sp³-hybridized carbons (Fsp3) is 0.423. The quantitative estimate of drug-likeness (QED) is 0.489. The monoisotopic (exact) mass is 478 g/mol. The lowest BCUT2D eigenvalue weighted by molar-refractivity contribution is -0.137. The molecule has 0 aliphatic heterocycles. The number of benzene rings is 2. The zero-order valence-electron chi connectivity index (χ0n) is 19.1. The van der Waals surface area contributed by atoms with Gasteiger partial charge in [-0.05, 0) is 73.1 Å². The molecular formula is C26H29F3O3S. The molecule has 1 aliphatic carbocycles. The van der Waals surface area contributed by atoms with E-state index in [1.54, 1.807) is 0 Å². The molecule has 1 N–H and O–H groups in total. The summed E-state index contributed by atoms with van der Waals surface area (Å²) in [5.41, 5.74) is 3.69. The van der Waals surface area contributed by atoms with Crippen LogP contribution in [-0.4, -0.2) is 20.9 Å². The second kappa shape index (κ2) is 10.2. The summed E-state index contributed by atoms with van der Waals surface area (Å²) < 4.78 is 50.7. The third-order valence-electron chi connectivity index (χ3n) is 6.14. The molecule has 2 unspecified atom stereocenters. The molecule has 2 atom stereocenters. The van der Waals surface area contributed by atoms with E-state index in [9.17, 15) is 27.3 Å². The Bertz CT molecular complexity index is 1060. The molecule has 178 valence electrons. The number of alkyl halides is 3. The Hall–Kier alpha value is -2.41. The zero-order chi connectivity index (χ0) is 24.3. The molecule has 0 saturated heterocycles. The molecule has 33 heavy (non-hydrogen) atoms. The first-order valence-corrected chi connectivity index (χ1v) is 12.5. The summed E-state index contributed by atoms with van der Waals surface area (Å²) in [5.74, 6) is 0.0269. The van der Waals surface area contributed by atoms with Gasteiger partial charge in [0.15, 0.2) is 5.78 Å². The summed E-state index contributed by atoms with van der Waals surface area (Å²) in [5, 5.41) is 10.8. The summed E-state index contributed by atoms with van der Waals surface area (Å²) in [6.07, 6.45) is -1.91. The number of hydrogen-bond acceptors (Lipinski definition) is 3. The number of allylic oxidation sites excluding steroid dienone is 2. The first-order valence-electron chi connectivity index (χ1n) is 11.2. The van der Waals surface area contributed by atoms with E-state index in [0.717, 1.165) is 47.2 Å². The van der Waals surface area contributed by atoms with Crippen molar-refractivity contribution in [1.29, 1.82) is 0 Å². The van der Waals surface area contributed by atoms with Crippen LogP contribution in [-0.2, 0) is 34.6 Å². The number of aryl methyl sites for hydroxylation is 3. The molecule has 1 aliphatic rings. The highest BCUT2D eigenvalue weighted by Crippen LogP contribution is 2.37. The highest BCUT2D eigenvalue weighted by Gasteiger charge is 2.32. The minimum absolute atomic E-state index is 0.0739. The maximum absolute atomic E-state index is 13.1. The van der Waals surface area contributed by atoms with Gasteiger partial charge in [-0.2, -0.15) is 13.2 Å². The first kappa shape index (κ1) is 25.2. The summed E-state index contributed by atoms with van der Waals surface area (Å²) >= 11 is 0. The highest BCUT2D eigenvalue weighted by atomic mass is 32.2. The molecule has 7 heteroatoms. The molecule has 0 amide bonds. The standard InChI is InChI=1S/C26H29F3O3S/c1-4-18-12-16(3)13-19(5-2)24(18)25-22(30)14-17(15-23(25)31)10-11-33(32)21-8-6-20(7-9-21)26(27,28)29/h6-9,12-13,17,30H,4-5,10-11,14-15H2,1-3H3. The van der Waals surface area contributed by atoms with Crippen molar-refractivity contribution in [3.8, 4) is 0 Å². The van der Waals surface area contributed by atoms with Gasteiger partial charge in [0.2, 0.25) is 0 Å². The van der Waals surface area contributed by atoms with E-state index in [0.29, 0.717) is 23.3 Å². The van der Waals surface area contributed by atoms with E-state index < -0.39 is 22.5 Å². The SMILES string of the molecule is CCc1cc(C)cc(CC)c1C1=C(O)CC(CCS(=O)c2ccc(C(F)(F)F)cc2)CC1=O. The Kier molecular flexibility index (Phi) is 7.83. The second-order valence-corrected chi connectivity index (χ2v) is 10.1. The number of Topliss-reactive ketones (excluding diaryl/α,β-unsaturated/α-hetero) is 1. The van der Waals surface area contributed by atoms with Crippen molar-refractivity contribution >= 4 is 22.2 Å². The largest absolute Gasteiger partial charge is 0.512 e. The lowest BCUT2D eigenvalue weighted by Gasteiger charge is -2.26. The number of carbonyl (C=O) groups is 1. The maximum Gasteiger partial charge on any atom is 0.416 e. The van der Waals surface area contributed by atoms with E-state index in [4.69, 9.17) is 0 Å². The molecule has 3 rings (SSSR count). The summed E-state index contributed by atoms with van der Waals surface area (Å²) in [4.78, 5) is 13.4. The van der Waals surface area contributed by atoms with Crippen LogP contribution in [0.2, 0.25) is 0 Å². The van der Waals surface area contributed by atoms with Crippen molar-refractivity contribution in [2.75, 3.05) is 5.75 Å². The number of rotatable bonds is 7. The van der Waals surface area contributed by atoms with Crippen molar-refractivity contribution in [3.63, 3.8) is 0 Å². The van der Waals surface area contributed by atoms with E-state index in [2.05, 4.69) is 12.1 Å². The fourth-order valence-electron chi connectivity index (χ4n) is 4.47. The molecule has 3 nitrogen and oxygen atoms in total. The topological polar surface area (TPSA) is 54.4 Å². The minimum Gasteiger partial charge on any atom is -0.512 e. The van der Waals surface area contributed by atoms with Crippen LogP contribution < -0.4 is 0 Å². The van der Waals surface area contributed by atoms with Gasteiger partial charge in [-0.25, -0.2) is 0 Å². The number of carbonyl (C=O) groups excluding carboxylic acids is 1. The Balaban J connectivity index is 1.74. The van der Waals surface area contributed by atoms with Crippen LogP contribution in [0.15, 0.2) is 47.1 Å². The highest BCUT2D eigenvalue weighted by molar-refractivity contribution is 7.85. The Morgan fingerprint density at radius 3 is 2.09 bits per heavy atom. The molecule has 2 aromatic rings. The Labute approximate surface area is 195 Å². The van der Waals surface area contributed by atoms with Gasteiger partial charge < -0.3 is 5.11 Å². The van der Waals surface area contributed by atoms with Crippen LogP contribution in [0.1, 0.15) is 60.9 Å². The number of halogens is 3.